The highest BCUT2D eigenvalue weighted by molar-refractivity contribution is 6.02. The lowest BCUT2D eigenvalue weighted by Crippen LogP contribution is -3.00. The molecule has 2 fully saturated rings. The van der Waals surface area contributed by atoms with Crippen LogP contribution in [0.25, 0.3) is 0 Å². The Morgan fingerprint density at radius 1 is 1.00 bits per heavy atom. The molecule has 2 atom stereocenters. The molecule has 2 aromatic carbocycles. The van der Waals surface area contributed by atoms with Gasteiger partial charge in [-0.2, -0.15) is 0 Å². The topological polar surface area (TPSA) is 75.7 Å². The van der Waals surface area contributed by atoms with Gasteiger partial charge in [-0.3, -0.25) is 9.59 Å². The van der Waals surface area contributed by atoms with Gasteiger partial charge in [-0.1, -0.05) is 42.5 Å². The van der Waals surface area contributed by atoms with Crippen molar-refractivity contribution in [3.8, 4) is 0 Å². The number of piperidine rings is 2. The predicted octanol–water partition coefficient (Wildman–Crippen LogP) is 1.16. The lowest BCUT2D eigenvalue weighted by atomic mass is 9.92. The van der Waals surface area contributed by atoms with Gasteiger partial charge in [0.1, 0.15) is 6.54 Å². The number of quaternary nitrogens is 1. The third-order valence-corrected chi connectivity index (χ3v) is 7.59. The maximum atomic E-state index is 13.5. The molecule has 2 aliphatic rings. The number of amides is 2. The number of carbonyl (C=O) groups excluding carboxylic acids is 3. The van der Waals surface area contributed by atoms with E-state index in [2.05, 4.69) is 17.4 Å². The summed E-state index contributed by atoms with van der Waals surface area (Å²) < 4.78 is 5.45. The van der Waals surface area contributed by atoms with Crippen LogP contribution < -0.4 is 22.3 Å². The number of rotatable bonds is 7. The third-order valence-electron chi connectivity index (χ3n) is 7.59. The van der Waals surface area contributed by atoms with Gasteiger partial charge in [0.15, 0.2) is 6.54 Å². The Kier molecular flexibility index (Phi) is 10.3. The summed E-state index contributed by atoms with van der Waals surface area (Å²) in [5.41, 5.74) is 2.79. The Labute approximate surface area is 230 Å². The van der Waals surface area contributed by atoms with Gasteiger partial charge in [0, 0.05) is 18.7 Å². The summed E-state index contributed by atoms with van der Waals surface area (Å²) in [5, 5.41) is 3.01. The van der Waals surface area contributed by atoms with Crippen molar-refractivity contribution in [3.63, 3.8) is 0 Å². The highest BCUT2D eigenvalue weighted by Gasteiger charge is 2.41. The predicted molar refractivity (Wildman–Crippen MR) is 139 cm³/mol. The minimum atomic E-state index is -0.479. The molecule has 0 aliphatic carbocycles. The fraction of sp³-hybridized carbons (Fsp3) is 0.483. The molecular formula is C29H38BrN3O4. The number of nitrogens with zero attached hydrogens (tertiary/aromatic N) is 2. The first-order chi connectivity index (χ1) is 17.4. The molecule has 2 amide bonds. The van der Waals surface area contributed by atoms with E-state index in [1.807, 2.05) is 36.1 Å². The van der Waals surface area contributed by atoms with Crippen LogP contribution in [0.5, 0.6) is 0 Å². The van der Waals surface area contributed by atoms with Crippen LogP contribution in [-0.4, -0.2) is 67.0 Å². The van der Waals surface area contributed by atoms with Crippen LogP contribution in [0.3, 0.4) is 0 Å². The average Bonchev–Trinajstić information content (AvgIpc) is 2.90. The summed E-state index contributed by atoms with van der Waals surface area (Å²) in [5.74, 6) is -0.460. The number of halogens is 1. The van der Waals surface area contributed by atoms with E-state index in [4.69, 9.17) is 4.74 Å². The van der Waals surface area contributed by atoms with Crippen LogP contribution in [0.1, 0.15) is 53.6 Å². The lowest BCUT2D eigenvalue weighted by Gasteiger charge is -2.44. The van der Waals surface area contributed by atoms with Crippen molar-refractivity contribution in [2.45, 2.75) is 45.6 Å². The standard InChI is InChI=1S/C29H37N3O4.BrH/c1-22-11-9-15-25(29(35)36-2)27(22)30-26(33)21-32(19-23-12-5-3-6-13-23)18-10-14-24(20-32)28(34)31-16-7-4-8-17-31;/h3,5-6,9,11-13,15,24H,4,7-8,10,14,16-21H2,1-2H3;1H. The van der Waals surface area contributed by atoms with Gasteiger partial charge < -0.3 is 36.4 Å². The number of anilines is 1. The number of aryl methyl sites for hydroxylation is 1. The zero-order valence-corrected chi connectivity index (χ0v) is 23.5. The molecule has 0 radical (unpaired) electrons. The van der Waals surface area contributed by atoms with Crippen LogP contribution in [-0.2, 0) is 20.9 Å². The summed E-state index contributed by atoms with van der Waals surface area (Å²) in [6.45, 7) is 5.98. The summed E-state index contributed by atoms with van der Waals surface area (Å²) in [6.07, 6.45) is 5.11. The van der Waals surface area contributed by atoms with Gasteiger partial charge >= 0.3 is 5.97 Å². The van der Waals surface area contributed by atoms with Crippen LogP contribution in [0.15, 0.2) is 48.5 Å². The first-order valence-electron chi connectivity index (χ1n) is 13.1. The van der Waals surface area contributed by atoms with E-state index < -0.39 is 5.97 Å². The van der Waals surface area contributed by atoms with E-state index in [0.717, 1.165) is 56.4 Å². The fourth-order valence-electron chi connectivity index (χ4n) is 5.81. The monoisotopic (exact) mass is 571 g/mol. The minimum absolute atomic E-state index is 0. The fourth-order valence-corrected chi connectivity index (χ4v) is 5.81. The quantitative estimate of drug-likeness (QED) is 0.400. The molecule has 200 valence electrons. The van der Waals surface area contributed by atoms with Crippen molar-refractivity contribution in [2.24, 2.45) is 5.92 Å². The number of hydrogen-bond acceptors (Lipinski definition) is 4. The van der Waals surface area contributed by atoms with E-state index in [1.54, 1.807) is 12.1 Å². The van der Waals surface area contributed by atoms with Gasteiger partial charge in [0.25, 0.3) is 5.91 Å². The molecular weight excluding hydrogens is 534 g/mol. The maximum absolute atomic E-state index is 13.5. The maximum Gasteiger partial charge on any atom is 0.339 e. The molecule has 2 aliphatic heterocycles. The molecule has 2 heterocycles. The van der Waals surface area contributed by atoms with Gasteiger partial charge in [-0.05, 0) is 50.7 Å². The normalized spacial score (nSPS) is 21.5. The van der Waals surface area contributed by atoms with Crippen molar-refractivity contribution >= 4 is 23.5 Å². The van der Waals surface area contributed by atoms with Crippen molar-refractivity contribution < 1.29 is 40.6 Å². The number of hydrogen-bond donors (Lipinski definition) is 1. The molecule has 8 heteroatoms. The van der Waals surface area contributed by atoms with Crippen molar-refractivity contribution in [1.82, 2.24) is 4.90 Å². The summed E-state index contributed by atoms with van der Waals surface area (Å²) >= 11 is 0. The van der Waals surface area contributed by atoms with Gasteiger partial charge in [0.05, 0.1) is 37.4 Å². The molecule has 7 nitrogen and oxygen atoms in total. The summed E-state index contributed by atoms with van der Waals surface area (Å²) in [7, 11) is 1.34. The number of esters is 1. The average molecular weight is 573 g/mol. The third kappa shape index (κ3) is 7.20. The second-order valence-electron chi connectivity index (χ2n) is 10.3. The Morgan fingerprint density at radius 3 is 2.43 bits per heavy atom. The molecule has 2 unspecified atom stereocenters. The largest absolute Gasteiger partial charge is 1.00 e. The van der Waals surface area contributed by atoms with Gasteiger partial charge in [0.2, 0.25) is 5.91 Å². The Balaban J connectivity index is 0.00000380. The Morgan fingerprint density at radius 2 is 1.73 bits per heavy atom. The first kappa shape index (κ1) is 28.9. The SMILES string of the molecule is COC(=O)c1cccc(C)c1NC(=O)C[N+]1(Cc2ccccc2)CCCC(C(=O)N2CCCCC2)C1.[Br-]. The second-order valence-corrected chi connectivity index (χ2v) is 10.3. The summed E-state index contributed by atoms with van der Waals surface area (Å²) in [6, 6.07) is 15.5. The van der Waals surface area contributed by atoms with E-state index in [1.165, 1.54) is 13.5 Å². The molecule has 0 saturated carbocycles. The number of likely N-dealkylation sites (tertiary alicyclic amines) is 2. The highest BCUT2D eigenvalue weighted by Crippen LogP contribution is 2.29. The number of ether oxygens (including phenoxy) is 1. The number of nitrogens with one attached hydrogen (secondary N) is 1. The van der Waals surface area contributed by atoms with Crippen LogP contribution in [0.2, 0.25) is 0 Å². The van der Waals surface area contributed by atoms with Gasteiger partial charge in [-0.15, -0.1) is 0 Å². The second kappa shape index (κ2) is 13.2. The number of benzene rings is 2. The van der Waals surface area contributed by atoms with E-state index in [-0.39, 0.29) is 41.3 Å². The van der Waals surface area contributed by atoms with Crippen LogP contribution >= 0.6 is 0 Å². The Bertz CT molecular complexity index is 1090. The van der Waals surface area contributed by atoms with Gasteiger partial charge in [-0.25, -0.2) is 4.79 Å². The number of para-hydroxylation sites is 1. The van der Waals surface area contributed by atoms with E-state index in [9.17, 15) is 14.4 Å². The van der Waals surface area contributed by atoms with Crippen LogP contribution in [0.4, 0.5) is 5.69 Å². The number of methoxy groups -OCH3 is 1. The summed E-state index contributed by atoms with van der Waals surface area (Å²) in [4.78, 5) is 41.3. The lowest BCUT2D eigenvalue weighted by molar-refractivity contribution is -0.940. The molecule has 4 rings (SSSR count). The van der Waals surface area contributed by atoms with Crippen molar-refractivity contribution in [1.29, 1.82) is 0 Å². The minimum Gasteiger partial charge on any atom is -1.00 e. The van der Waals surface area contributed by atoms with Crippen LogP contribution in [0, 0.1) is 12.8 Å². The molecule has 2 saturated heterocycles. The van der Waals surface area contributed by atoms with E-state index in [0.29, 0.717) is 28.8 Å². The highest BCUT2D eigenvalue weighted by atomic mass is 79.9. The Hall–Kier alpha value is -2.71. The molecule has 0 spiro atoms. The number of carbonyl (C=O) groups is 3. The zero-order chi connectivity index (χ0) is 25.5. The van der Waals surface area contributed by atoms with Crippen molar-refractivity contribution in [2.75, 3.05) is 45.2 Å². The zero-order valence-electron chi connectivity index (χ0n) is 21.9. The molecule has 1 N–H and O–H groups in total. The molecule has 37 heavy (non-hydrogen) atoms. The van der Waals surface area contributed by atoms with Crippen molar-refractivity contribution in [3.05, 3.63) is 65.2 Å². The first-order valence-corrected chi connectivity index (χ1v) is 13.1. The molecule has 0 bridgehead atoms. The van der Waals surface area contributed by atoms with E-state index >= 15 is 0 Å². The molecule has 2 aromatic rings. The molecule has 0 aromatic heterocycles. The smallest absolute Gasteiger partial charge is 0.339 e.